The van der Waals surface area contributed by atoms with Crippen molar-refractivity contribution < 1.29 is 34.0 Å². The van der Waals surface area contributed by atoms with Gasteiger partial charge in [0.15, 0.2) is 0 Å². The molecule has 0 aromatic heterocycles. The maximum atomic E-state index is 2.19. The van der Waals surface area contributed by atoms with Crippen molar-refractivity contribution in [2.45, 2.75) is 1.02 Å². The molecule has 0 saturated heterocycles. The number of rotatable bonds is 0. The Labute approximate surface area is 104 Å². The summed E-state index contributed by atoms with van der Waals surface area (Å²) in [6.45, 7) is 0. The van der Waals surface area contributed by atoms with E-state index in [1.807, 2.05) is 0 Å². The molecule has 0 heterocycles. The van der Waals surface area contributed by atoms with E-state index in [1.165, 1.54) is 0 Å². The molecule has 0 aliphatic carbocycles. The third kappa shape index (κ3) is 18.7. The molecular formula is CH3Br2KMg. The van der Waals surface area contributed by atoms with Gasteiger partial charge in [-0.2, -0.15) is 0 Å². The van der Waals surface area contributed by atoms with Gasteiger partial charge in [0.1, 0.15) is 0 Å². The van der Waals surface area contributed by atoms with Crippen LogP contribution >= 0.6 is 0 Å². The molecule has 0 aliphatic rings. The third-order valence-electron chi connectivity index (χ3n) is 0. The summed E-state index contributed by atoms with van der Waals surface area (Å²) in [6, 6.07) is 0. The molecule has 0 aromatic carbocycles. The summed E-state index contributed by atoms with van der Waals surface area (Å²) in [6.07, 6.45) is 0. The predicted octanol–water partition coefficient (Wildman–Crippen LogP) is -6.17. The number of hydrogen-bond donors (Lipinski definition) is 0. The Morgan fingerprint density at radius 3 is 1.00 bits per heavy atom. The van der Waals surface area contributed by atoms with Crippen LogP contribution in [-0.2, 0) is 0 Å². The molecule has 0 unspecified atom stereocenters. The van der Waals surface area contributed by atoms with Gasteiger partial charge >= 0.3 is 73.0 Å². The van der Waals surface area contributed by atoms with E-state index in [9.17, 15) is 0 Å². The monoisotopic (exact) mass is 236 g/mol. The average Bonchev–Trinajstić information content (AvgIpc) is 1.00. The molecule has 0 spiro atoms. The second-order valence-corrected chi connectivity index (χ2v) is 0. The van der Waals surface area contributed by atoms with Crippen LogP contribution in [0.3, 0.4) is 0 Å². The van der Waals surface area contributed by atoms with Crippen molar-refractivity contribution in [3.8, 4) is 0 Å². The minimum atomic E-state index is 0. The molecule has 0 N–H and O–H groups in total. The molecule has 5 heavy (non-hydrogen) atoms. The van der Waals surface area contributed by atoms with Gasteiger partial charge in [0.25, 0.3) is 0 Å². The third-order valence-corrected chi connectivity index (χ3v) is 0. The van der Waals surface area contributed by atoms with Crippen LogP contribution in [0.15, 0.2) is 0 Å². The molecule has 0 aliphatic heterocycles. The zero-order valence-electron chi connectivity index (χ0n) is 3.46. The maximum Gasteiger partial charge on any atom is 2.00 e. The zero-order valence-corrected chi connectivity index (χ0v) is 11.2. The van der Waals surface area contributed by atoms with Crippen LogP contribution in [-0.4, -0.2) is 72.0 Å². The van der Waals surface area contributed by atoms with E-state index >= 15 is 0 Å². The van der Waals surface area contributed by atoms with E-state index in [0.717, 1.165) is 49.0 Å². The van der Waals surface area contributed by atoms with Crippen molar-refractivity contribution in [2.24, 2.45) is 0 Å². The van der Waals surface area contributed by atoms with Gasteiger partial charge in [-0.25, -0.2) is 0 Å². The van der Waals surface area contributed by atoms with Gasteiger partial charge in [0.05, 0.1) is 0 Å². The maximum absolute atomic E-state index is 2.19. The van der Waals surface area contributed by atoms with Gasteiger partial charge in [-0.15, -0.1) is 0 Å². The van der Waals surface area contributed by atoms with Crippen LogP contribution in [0.25, 0.3) is 0 Å². The second kappa shape index (κ2) is 26.4. The molecule has 0 fully saturated rings. The van der Waals surface area contributed by atoms with Crippen LogP contribution in [0, 0.1) is 0 Å². The molecule has 24 valence electrons. The summed E-state index contributed by atoms with van der Waals surface area (Å²) >= 11 is 1.06. The Morgan fingerprint density at radius 2 is 1.00 bits per heavy atom. The largest absolute Gasteiger partial charge is 2.00 e. The molecule has 0 radical (unpaired) electrons. The van der Waals surface area contributed by atoms with Crippen LogP contribution < -0.4 is 34.0 Å². The first-order chi connectivity index (χ1) is 1.00. The van der Waals surface area contributed by atoms with Gasteiger partial charge < -0.3 is 34.0 Å². The number of halogens is 2. The average molecular weight is 238 g/mol. The fraction of sp³-hybridized carbons (Fsp3) is 1.00. The van der Waals surface area contributed by atoms with Crippen molar-refractivity contribution in [2.75, 3.05) is 0 Å². The summed E-state index contributed by atoms with van der Waals surface area (Å²) < 4.78 is 2.19. The first-order valence-corrected chi connectivity index (χ1v) is 4.12. The SMILES string of the molecule is [Br-].[Br-].[CH3][K].[Mg+2]. The fourth-order valence-corrected chi connectivity index (χ4v) is 0. The summed E-state index contributed by atoms with van der Waals surface area (Å²) in [5.41, 5.74) is 0. The van der Waals surface area contributed by atoms with E-state index in [4.69, 9.17) is 0 Å². The van der Waals surface area contributed by atoms with Crippen molar-refractivity contribution in [3.05, 3.63) is 0 Å². The molecule has 0 bridgehead atoms. The molecule has 0 nitrogen and oxygen atoms in total. The normalized spacial score (nSPS) is 1.40. The van der Waals surface area contributed by atoms with Gasteiger partial charge in [0.2, 0.25) is 0 Å². The van der Waals surface area contributed by atoms with Crippen LogP contribution in [0.2, 0.25) is 1.02 Å². The minimum Gasteiger partial charge on any atom is 2.00 e. The molecule has 0 aromatic rings. The number of hydrogen-bond acceptors (Lipinski definition) is 0. The molecule has 0 saturated carbocycles. The standard InChI is InChI=1S/CH3.2BrH.K.Mg/h1H3;2*1H;;/q;;;;+2/p-2. The predicted molar refractivity (Wildman–Crippen MR) is 17.4 cm³/mol. The van der Waals surface area contributed by atoms with Gasteiger partial charge in [-0.05, 0) is 0 Å². The zero-order chi connectivity index (χ0) is 2.00. The fourth-order valence-electron chi connectivity index (χ4n) is 0. The smallest absolute Gasteiger partial charge is 2.00 e. The Morgan fingerprint density at radius 1 is 1.00 bits per heavy atom. The first kappa shape index (κ1) is 23.8. The van der Waals surface area contributed by atoms with Crippen molar-refractivity contribution >= 4 is 72.0 Å². The van der Waals surface area contributed by atoms with Crippen LogP contribution in [0.5, 0.6) is 0 Å². The molecule has 4 heteroatoms. The topological polar surface area (TPSA) is 0 Å². The van der Waals surface area contributed by atoms with Gasteiger partial charge in [-0.1, -0.05) is 0 Å². The summed E-state index contributed by atoms with van der Waals surface area (Å²) in [5.74, 6) is 0. The van der Waals surface area contributed by atoms with E-state index in [1.54, 1.807) is 0 Å². The van der Waals surface area contributed by atoms with Crippen LogP contribution in [0.1, 0.15) is 0 Å². The van der Waals surface area contributed by atoms with Crippen molar-refractivity contribution in [1.82, 2.24) is 0 Å². The van der Waals surface area contributed by atoms with Crippen molar-refractivity contribution in [1.29, 1.82) is 0 Å². The molecule has 0 amide bonds. The van der Waals surface area contributed by atoms with Gasteiger partial charge in [-0.3, -0.25) is 0 Å². The van der Waals surface area contributed by atoms with E-state index < -0.39 is 0 Å². The van der Waals surface area contributed by atoms with E-state index in [-0.39, 0.29) is 57.0 Å². The molecule has 0 rings (SSSR count). The molecular weight excluding hydrogens is 235 g/mol. The second-order valence-electron chi connectivity index (χ2n) is 0. The summed E-state index contributed by atoms with van der Waals surface area (Å²) in [4.78, 5) is 0. The summed E-state index contributed by atoms with van der Waals surface area (Å²) in [7, 11) is 0. The molecule has 0 atom stereocenters. The Kier molecular flexibility index (Phi) is 126. The minimum absolute atomic E-state index is 0. The van der Waals surface area contributed by atoms with Crippen molar-refractivity contribution in [3.63, 3.8) is 0 Å². The van der Waals surface area contributed by atoms with Gasteiger partial charge in [0, 0.05) is 0 Å². The summed E-state index contributed by atoms with van der Waals surface area (Å²) in [5, 5.41) is 0. The van der Waals surface area contributed by atoms with Crippen LogP contribution in [0.4, 0.5) is 0 Å². The Hall–Kier alpha value is 3.36. The Bertz CT molecular complexity index is 9.61. The quantitative estimate of drug-likeness (QED) is 0.368. The van der Waals surface area contributed by atoms with E-state index in [0.29, 0.717) is 0 Å². The van der Waals surface area contributed by atoms with E-state index in [2.05, 4.69) is 1.02 Å². The Balaban J connectivity index is -0.00000000167. The first-order valence-electron chi connectivity index (χ1n) is 1.00.